The van der Waals surface area contributed by atoms with Crippen LogP contribution in [-0.2, 0) is 9.31 Å². The van der Waals surface area contributed by atoms with Crippen LogP contribution in [0.1, 0.15) is 78.3 Å². The molecule has 0 radical (unpaired) electrons. The molecule has 0 spiro atoms. The van der Waals surface area contributed by atoms with Crippen LogP contribution in [0.25, 0.3) is 0 Å². The Labute approximate surface area is 165 Å². The van der Waals surface area contributed by atoms with Gasteiger partial charge < -0.3 is 14.4 Å². The minimum absolute atomic E-state index is 0.276. The normalized spacial score (nSPS) is 27.9. The second-order valence-corrected chi connectivity index (χ2v) is 9.11. The second-order valence-electron chi connectivity index (χ2n) is 9.11. The van der Waals surface area contributed by atoms with E-state index in [0.717, 1.165) is 24.8 Å². The lowest BCUT2D eigenvalue weighted by Gasteiger charge is -2.42. The van der Waals surface area contributed by atoms with Crippen molar-refractivity contribution in [3.63, 3.8) is 0 Å². The smallest absolute Gasteiger partial charge is 0.399 e. The lowest BCUT2D eigenvalue weighted by molar-refractivity contribution is 0.00578. The fraction of sp³-hybridized carbons (Fsp3) is 0.727. The third-order valence-electron chi connectivity index (χ3n) is 6.68. The van der Waals surface area contributed by atoms with E-state index in [2.05, 4.69) is 63.8 Å². The van der Waals surface area contributed by atoms with Gasteiger partial charge >= 0.3 is 7.12 Å². The number of likely N-dealkylation sites (tertiary alicyclic amines) is 1. The van der Waals surface area contributed by atoms with E-state index in [-0.39, 0.29) is 24.9 Å². The highest BCUT2D eigenvalue weighted by Crippen LogP contribution is 2.37. The quantitative estimate of drug-likeness (QED) is 0.773. The Morgan fingerprint density at radius 3 is 2.26 bits per heavy atom. The first-order valence-electron chi connectivity index (χ1n) is 10.6. The molecule has 1 N–H and O–H groups in total. The van der Waals surface area contributed by atoms with Crippen LogP contribution in [0.5, 0.6) is 0 Å². The Kier molecular flexibility index (Phi) is 6.36. The number of aliphatic hydroxyl groups excluding tert-OH is 1. The van der Waals surface area contributed by atoms with Gasteiger partial charge in [-0.1, -0.05) is 31.2 Å². The van der Waals surface area contributed by atoms with Gasteiger partial charge in [-0.2, -0.15) is 0 Å². The fourth-order valence-electron chi connectivity index (χ4n) is 4.40. The molecule has 2 saturated heterocycles. The first-order chi connectivity index (χ1) is 12.8. The third-order valence-corrected chi connectivity index (χ3v) is 6.68. The summed E-state index contributed by atoms with van der Waals surface area (Å²) in [5.74, 6) is 0. The average Bonchev–Trinajstić information content (AvgIpc) is 2.85. The Morgan fingerprint density at radius 2 is 1.70 bits per heavy atom. The monoisotopic (exact) mass is 373 g/mol. The lowest BCUT2D eigenvalue weighted by Crippen LogP contribution is -2.43. The van der Waals surface area contributed by atoms with Crippen molar-refractivity contribution in [2.45, 2.75) is 90.0 Å². The van der Waals surface area contributed by atoms with Crippen molar-refractivity contribution in [3.8, 4) is 0 Å². The molecule has 0 aliphatic carbocycles. The Bertz CT molecular complexity index is 598. The molecule has 2 aliphatic heterocycles. The van der Waals surface area contributed by atoms with Crippen molar-refractivity contribution in [2.75, 3.05) is 13.2 Å². The van der Waals surface area contributed by atoms with E-state index in [0.29, 0.717) is 12.1 Å². The number of benzene rings is 1. The molecule has 1 aromatic rings. The molecule has 0 aromatic heterocycles. The van der Waals surface area contributed by atoms with E-state index in [1.165, 1.54) is 24.8 Å². The van der Waals surface area contributed by atoms with Gasteiger partial charge in [0.15, 0.2) is 0 Å². The van der Waals surface area contributed by atoms with E-state index in [4.69, 9.17) is 9.31 Å². The van der Waals surface area contributed by atoms with Gasteiger partial charge in [0.05, 0.1) is 11.2 Å². The van der Waals surface area contributed by atoms with Gasteiger partial charge in [-0.15, -0.1) is 0 Å². The van der Waals surface area contributed by atoms with Gasteiger partial charge in [0.1, 0.15) is 0 Å². The number of hydrogen-bond donors (Lipinski definition) is 1. The van der Waals surface area contributed by atoms with Crippen molar-refractivity contribution in [2.24, 2.45) is 0 Å². The summed E-state index contributed by atoms with van der Waals surface area (Å²) in [6.45, 7) is 12.0. The third kappa shape index (κ3) is 4.27. The number of hydrogen-bond acceptors (Lipinski definition) is 4. The summed E-state index contributed by atoms with van der Waals surface area (Å²) in [5, 5.41) is 9.45. The van der Waals surface area contributed by atoms with Crippen LogP contribution in [0, 0.1) is 0 Å². The van der Waals surface area contributed by atoms with Crippen LogP contribution in [0.15, 0.2) is 24.3 Å². The van der Waals surface area contributed by atoms with E-state index >= 15 is 0 Å². The van der Waals surface area contributed by atoms with Crippen LogP contribution in [-0.4, -0.2) is 47.5 Å². The maximum absolute atomic E-state index is 9.45. The van der Waals surface area contributed by atoms with Crippen molar-refractivity contribution < 1.29 is 14.4 Å². The summed E-state index contributed by atoms with van der Waals surface area (Å²) in [5.41, 5.74) is 1.83. The van der Waals surface area contributed by atoms with Gasteiger partial charge in [-0.3, -0.25) is 4.90 Å². The highest BCUT2D eigenvalue weighted by Gasteiger charge is 2.51. The SMILES string of the molecule is CCCN1C(CCO)CCCC1c1ccc(B2OC(C)(C)C(C)(C)O2)cc1. The summed E-state index contributed by atoms with van der Waals surface area (Å²) in [6.07, 6.45) is 5.64. The molecule has 2 unspecified atom stereocenters. The zero-order chi connectivity index (χ0) is 19.7. The molecular formula is C22H36BNO3. The predicted octanol–water partition coefficient (Wildman–Crippen LogP) is 3.67. The van der Waals surface area contributed by atoms with Gasteiger partial charge in [-0.05, 0) is 77.4 Å². The van der Waals surface area contributed by atoms with Crippen LogP contribution >= 0.6 is 0 Å². The maximum Gasteiger partial charge on any atom is 0.494 e. The minimum atomic E-state index is -0.310. The minimum Gasteiger partial charge on any atom is -0.399 e. The molecule has 1 aromatic carbocycles. The lowest BCUT2D eigenvalue weighted by atomic mass is 9.78. The molecule has 150 valence electrons. The van der Waals surface area contributed by atoms with Crippen molar-refractivity contribution in [1.29, 1.82) is 0 Å². The van der Waals surface area contributed by atoms with Crippen molar-refractivity contribution >= 4 is 12.6 Å². The molecular weight excluding hydrogens is 337 g/mol. The zero-order valence-corrected chi connectivity index (χ0v) is 17.7. The molecule has 0 saturated carbocycles. The topological polar surface area (TPSA) is 41.9 Å². The molecule has 27 heavy (non-hydrogen) atoms. The largest absolute Gasteiger partial charge is 0.494 e. The molecule has 2 atom stereocenters. The number of nitrogens with zero attached hydrogens (tertiary/aromatic N) is 1. The predicted molar refractivity (Wildman–Crippen MR) is 111 cm³/mol. The molecule has 2 aliphatic rings. The average molecular weight is 373 g/mol. The molecule has 4 nitrogen and oxygen atoms in total. The summed E-state index contributed by atoms with van der Waals surface area (Å²) in [6, 6.07) is 9.76. The summed E-state index contributed by atoms with van der Waals surface area (Å²) < 4.78 is 12.4. The summed E-state index contributed by atoms with van der Waals surface area (Å²) in [4.78, 5) is 2.61. The Balaban J connectivity index is 1.76. The summed E-state index contributed by atoms with van der Waals surface area (Å²) >= 11 is 0. The number of aliphatic hydroxyl groups is 1. The number of rotatable bonds is 6. The fourth-order valence-corrected chi connectivity index (χ4v) is 4.40. The molecule has 0 bridgehead atoms. The van der Waals surface area contributed by atoms with Crippen molar-refractivity contribution in [1.82, 2.24) is 4.90 Å². The molecule has 2 heterocycles. The summed E-state index contributed by atoms with van der Waals surface area (Å²) in [7, 11) is -0.302. The van der Waals surface area contributed by atoms with E-state index in [9.17, 15) is 5.11 Å². The van der Waals surface area contributed by atoms with Crippen LogP contribution in [0.4, 0.5) is 0 Å². The standard InChI is InChI=1S/C22H36BNO3/c1-6-15-24-19(14-16-25)8-7-9-20(24)17-10-12-18(13-11-17)23-26-21(2,3)22(4,5)27-23/h10-13,19-20,25H,6-9,14-16H2,1-5H3. The van der Waals surface area contributed by atoms with Crippen LogP contribution in [0.3, 0.4) is 0 Å². The van der Waals surface area contributed by atoms with Crippen LogP contribution in [0.2, 0.25) is 0 Å². The second kappa shape index (κ2) is 8.24. The van der Waals surface area contributed by atoms with Crippen molar-refractivity contribution in [3.05, 3.63) is 29.8 Å². The zero-order valence-electron chi connectivity index (χ0n) is 17.7. The van der Waals surface area contributed by atoms with E-state index < -0.39 is 0 Å². The van der Waals surface area contributed by atoms with Gasteiger partial charge in [-0.25, -0.2) is 0 Å². The molecule has 5 heteroatoms. The maximum atomic E-state index is 9.45. The van der Waals surface area contributed by atoms with Gasteiger partial charge in [0, 0.05) is 18.7 Å². The highest BCUT2D eigenvalue weighted by atomic mass is 16.7. The Morgan fingerprint density at radius 1 is 1.07 bits per heavy atom. The van der Waals surface area contributed by atoms with Gasteiger partial charge in [0.2, 0.25) is 0 Å². The van der Waals surface area contributed by atoms with E-state index in [1.807, 2.05) is 0 Å². The van der Waals surface area contributed by atoms with Gasteiger partial charge in [0.25, 0.3) is 0 Å². The van der Waals surface area contributed by atoms with E-state index in [1.54, 1.807) is 0 Å². The molecule has 3 rings (SSSR count). The first-order valence-corrected chi connectivity index (χ1v) is 10.6. The number of piperidine rings is 1. The van der Waals surface area contributed by atoms with Crippen LogP contribution < -0.4 is 5.46 Å². The first kappa shape index (κ1) is 20.8. The highest BCUT2D eigenvalue weighted by molar-refractivity contribution is 6.62. The molecule has 0 amide bonds. The Hall–Kier alpha value is -0.875. The molecule has 2 fully saturated rings.